The van der Waals surface area contributed by atoms with Crippen LogP contribution in [0.5, 0.6) is 0 Å². The Bertz CT molecular complexity index is 427. The van der Waals surface area contributed by atoms with Crippen molar-refractivity contribution in [2.45, 2.75) is 45.1 Å². The molecule has 0 aromatic heterocycles. The van der Waals surface area contributed by atoms with E-state index in [0.29, 0.717) is 11.6 Å². The minimum Gasteiger partial charge on any atom is -0.316 e. The molecule has 1 saturated carbocycles. The Labute approximate surface area is 108 Å². The molecule has 2 atom stereocenters. The summed E-state index contributed by atoms with van der Waals surface area (Å²) in [6, 6.07) is 4.93. The normalized spacial score (nSPS) is 25.8. The van der Waals surface area contributed by atoms with Gasteiger partial charge in [0.15, 0.2) is 11.6 Å². The molecule has 0 bridgehead atoms. The van der Waals surface area contributed by atoms with Crippen molar-refractivity contribution in [2.75, 3.05) is 7.05 Å². The van der Waals surface area contributed by atoms with Crippen LogP contribution in [0.3, 0.4) is 0 Å². The summed E-state index contributed by atoms with van der Waals surface area (Å²) in [4.78, 5) is 0. The molecular formula is C15H21F2N. The molecule has 0 heterocycles. The molecule has 1 aromatic rings. The molecule has 1 nitrogen and oxygen atoms in total. The predicted molar refractivity (Wildman–Crippen MR) is 69.6 cm³/mol. The lowest BCUT2D eigenvalue weighted by Crippen LogP contribution is -2.57. The van der Waals surface area contributed by atoms with Crippen molar-refractivity contribution in [3.63, 3.8) is 0 Å². The fourth-order valence-electron chi connectivity index (χ4n) is 3.65. The van der Waals surface area contributed by atoms with E-state index < -0.39 is 11.6 Å². The van der Waals surface area contributed by atoms with Crippen LogP contribution in [-0.4, -0.2) is 13.1 Å². The third-order valence-electron chi connectivity index (χ3n) is 4.88. The van der Waals surface area contributed by atoms with E-state index in [2.05, 4.69) is 19.2 Å². The van der Waals surface area contributed by atoms with Crippen molar-refractivity contribution in [2.24, 2.45) is 5.41 Å². The van der Waals surface area contributed by atoms with Gasteiger partial charge in [0.25, 0.3) is 0 Å². The lowest BCUT2D eigenvalue weighted by atomic mass is 9.52. The fourth-order valence-corrected chi connectivity index (χ4v) is 3.65. The van der Waals surface area contributed by atoms with Crippen LogP contribution < -0.4 is 5.32 Å². The predicted octanol–water partition coefficient (Wildman–Crippen LogP) is 3.85. The van der Waals surface area contributed by atoms with Crippen molar-refractivity contribution in [3.8, 4) is 0 Å². The highest BCUT2D eigenvalue weighted by Gasteiger charge is 2.53. The average molecular weight is 253 g/mol. The highest BCUT2D eigenvalue weighted by atomic mass is 19.2. The smallest absolute Gasteiger partial charge is 0.162 e. The molecule has 1 aromatic carbocycles. The van der Waals surface area contributed by atoms with Crippen LogP contribution in [0, 0.1) is 17.0 Å². The summed E-state index contributed by atoms with van der Waals surface area (Å²) >= 11 is 0. The van der Waals surface area contributed by atoms with Crippen LogP contribution >= 0.6 is 0 Å². The van der Waals surface area contributed by atoms with Gasteiger partial charge in [-0.25, -0.2) is 8.78 Å². The van der Waals surface area contributed by atoms with Crippen molar-refractivity contribution < 1.29 is 8.78 Å². The van der Waals surface area contributed by atoms with Gasteiger partial charge < -0.3 is 5.32 Å². The van der Waals surface area contributed by atoms with Crippen molar-refractivity contribution in [3.05, 3.63) is 35.4 Å². The summed E-state index contributed by atoms with van der Waals surface area (Å²) in [6.45, 7) is 4.27. The monoisotopic (exact) mass is 253 g/mol. The quantitative estimate of drug-likeness (QED) is 0.859. The Morgan fingerprint density at radius 1 is 1.28 bits per heavy atom. The molecule has 1 N–H and O–H groups in total. The van der Waals surface area contributed by atoms with Gasteiger partial charge in [-0.3, -0.25) is 0 Å². The summed E-state index contributed by atoms with van der Waals surface area (Å²) in [5, 5.41) is 3.31. The van der Waals surface area contributed by atoms with Gasteiger partial charge in [-0.05, 0) is 49.3 Å². The molecule has 18 heavy (non-hydrogen) atoms. The maximum atomic E-state index is 13.9. The molecule has 0 saturated heterocycles. The number of rotatable bonds is 4. The van der Waals surface area contributed by atoms with E-state index >= 15 is 0 Å². The highest BCUT2D eigenvalue weighted by molar-refractivity contribution is 5.30. The summed E-state index contributed by atoms with van der Waals surface area (Å²) in [5.41, 5.74) is 0.605. The number of benzene rings is 1. The largest absolute Gasteiger partial charge is 0.316 e. The van der Waals surface area contributed by atoms with Gasteiger partial charge >= 0.3 is 0 Å². The second-order valence-corrected chi connectivity index (χ2v) is 5.21. The molecule has 2 rings (SSSR count). The molecule has 2 unspecified atom stereocenters. The first kappa shape index (κ1) is 13.5. The van der Waals surface area contributed by atoms with Crippen LogP contribution in [0.15, 0.2) is 18.2 Å². The van der Waals surface area contributed by atoms with Crippen molar-refractivity contribution in [1.29, 1.82) is 0 Å². The lowest BCUT2D eigenvalue weighted by Gasteiger charge is -2.56. The number of nitrogens with one attached hydrogen (secondary N) is 1. The molecule has 1 fully saturated rings. The van der Waals surface area contributed by atoms with E-state index in [1.165, 1.54) is 6.07 Å². The number of hydrogen-bond acceptors (Lipinski definition) is 1. The van der Waals surface area contributed by atoms with E-state index in [0.717, 1.165) is 19.3 Å². The van der Waals surface area contributed by atoms with Gasteiger partial charge in [0.1, 0.15) is 0 Å². The number of hydrogen-bond donors (Lipinski definition) is 1. The SMILES string of the molecule is CCC1(CC)C(NC)CC1c1cccc(F)c1F. The van der Waals surface area contributed by atoms with Crippen LogP contribution in [0.4, 0.5) is 8.78 Å². The summed E-state index contributed by atoms with van der Waals surface area (Å²) in [5.74, 6) is -1.27. The second-order valence-electron chi connectivity index (χ2n) is 5.21. The maximum absolute atomic E-state index is 13.9. The lowest BCUT2D eigenvalue weighted by molar-refractivity contribution is 0.0224. The number of halogens is 2. The van der Waals surface area contributed by atoms with Gasteiger partial charge in [0.05, 0.1) is 0 Å². The second kappa shape index (κ2) is 4.96. The Morgan fingerprint density at radius 3 is 2.50 bits per heavy atom. The molecule has 0 aliphatic heterocycles. The highest BCUT2D eigenvalue weighted by Crippen LogP contribution is 2.57. The average Bonchev–Trinajstić information content (AvgIpc) is 2.36. The topological polar surface area (TPSA) is 12.0 Å². The molecule has 1 aliphatic carbocycles. The Kier molecular flexibility index (Phi) is 3.71. The maximum Gasteiger partial charge on any atom is 0.162 e. The van der Waals surface area contributed by atoms with Crippen LogP contribution in [0.2, 0.25) is 0 Å². The van der Waals surface area contributed by atoms with E-state index in [9.17, 15) is 8.78 Å². The van der Waals surface area contributed by atoms with Gasteiger partial charge in [-0.1, -0.05) is 26.0 Å². The summed E-state index contributed by atoms with van der Waals surface area (Å²) < 4.78 is 27.3. The Morgan fingerprint density at radius 2 is 1.94 bits per heavy atom. The van der Waals surface area contributed by atoms with Gasteiger partial charge in [-0.2, -0.15) is 0 Å². The van der Waals surface area contributed by atoms with Crippen LogP contribution in [0.25, 0.3) is 0 Å². The van der Waals surface area contributed by atoms with Crippen LogP contribution in [-0.2, 0) is 0 Å². The zero-order chi connectivity index (χ0) is 13.3. The third kappa shape index (κ3) is 1.76. The minimum atomic E-state index is -0.735. The van der Waals surface area contributed by atoms with Crippen LogP contribution in [0.1, 0.15) is 44.6 Å². The van der Waals surface area contributed by atoms with Gasteiger partial charge in [0.2, 0.25) is 0 Å². The first-order valence-corrected chi connectivity index (χ1v) is 6.71. The zero-order valence-electron chi connectivity index (χ0n) is 11.3. The Balaban J connectivity index is 2.37. The zero-order valence-corrected chi connectivity index (χ0v) is 11.3. The molecule has 100 valence electrons. The van der Waals surface area contributed by atoms with Crippen molar-refractivity contribution in [1.82, 2.24) is 5.32 Å². The van der Waals surface area contributed by atoms with Gasteiger partial charge in [0, 0.05) is 6.04 Å². The minimum absolute atomic E-state index is 0.0589. The molecular weight excluding hydrogens is 232 g/mol. The van der Waals surface area contributed by atoms with E-state index in [1.54, 1.807) is 12.1 Å². The molecule has 1 aliphatic rings. The molecule has 3 heteroatoms. The van der Waals surface area contributed by atoms with Gasteiger partial charge in [-0.15, -0.1) is 0 Å². The summed E-state index contributed by atoms with van der Waals surface area (Å²) in [7, 11) is 1.95. The first-order chi connectivity index (χ1) is 8.60. The summed E-state index contributed by atoms with van der Waals surface area (Å²) in [6.07, 6.45) is 2.85. The van der Waals surface area contributed by atoms with E-state index in [-0.39, 0.29) is 11.3 Å². The van der Waals surface area contributed by atoms with E-state index in [1.807, 2.05) is 7.05 Å². The molecule has 0 spiro atoms. The molecule has 0 amide bonds. The van der Waals surface area contributed by atoms with E-state index in [4.69, 9.17) is 0 Å². The third-order valence-corrected chi connectivity index (χ3v) is 4.88. The molecule has 0 radical (unpaired) electrons. The fraction of sp³-hybridized carbons (Fsp3) is 0.600. The Hall–Kier alpha value is -0.960. The first-order valence-electron chi connectivity index (χ1n) is 6.71. The van der Waals surface area contributed by atoms with Crippen molar-refractivity contribution >= 4 is 0 Å². The standard InChI is InChI=1S/C15H21F2N/c1-4-15(5-2)11(9-13(15)18-3)10-7-6-8-12(16)14(10)17/h6-8,11,13,18H,4-5,9H2,1-3H3.